The topological polar surface area (TPSA) is 78.4 Å². The lowest BCUT2D eigenvalue weighted by Crippen LogP contribution is -2.48. The number of β-amino-alcohol motifs (C(OH)–C–C–N with tert-alkyl or cyclic N) is 1. The molecule has 0 amide bonds. The molecule has 0 aromatic heterocycles. The maximum atomic E-state index is 10.7. The van der Waals surface area contributed by atoms with Crippen molar-refractivity contribution >= 4 is 5.96 Å². The van der Waals surface area contributed by atoms with Crippen molar-refractivity contribution in [1.82, 2.24) is 15.5 Å². The zero-order valence-electron chi connectivity index (χ0n) is 17.3. The second kappa shape index (κ2) is 12.5. The van der Waals surface area contributed by atoms with Gasteiger partial charge >= 0.3 is 0 Å². The Labute approximate surface area is 164 Å². The molecule has 1 saturated carbocycles. The highest BCUT2D eigenvalue weighted by molar-refractivity contribution is 5.79. The molecule has 7 nitrogen and oxygen atoms in total. The van der Waals surface area contributed by atoms with Gasteiger partial charge < -0.3 is 25.2 Å². The molecule has 158 valence electrons. The summed E-state index contributed by atoms with van der Waals surface area (Å²) in [6, 6.07) is 0. The van der Waals surface area contributed by atoms with Crippen LogP contribution in [0.5, 0.6) is 0 Å². The van der Waals surface area contributed by atoms with Gasteiger partial charge in [-0.3, -0.25) is 9.89 Å². The fourth-order valence-electron chi connectivity index (χ4n) is 3.64. The minimum atomic E-state index is -0.843. The van der Waals surface area contributed by atoms with Crippen LogP contribution in [-0.2, 0) is 9.47 Å². The van der Waals surface area contributed by atoms with Crippen LogP contribution in [0.4, 0.5) is 0 Å². The van der Waals surface area contributed by atoms with Crippen LogP contribution >= 0.6 is 0 Å². The molecule has 1 aliphatic heterocycles. The third-order valence-electron chi connectivity index (χ3n) is 5.11. The molecule has 1 heterocycles. The number of morpholine rings is 1. The quantitative estimate of drug-likeness (QED) is 0.300. The number of nitrogens with zero attached hydrogens (tertiary/aromatic N) is 2. The summed E-state index contributed by atoms with van der Waals surface area (Å²) in [5.74, 6) is 0.761. The zero-order valence-corrected chi connectivity index (χ0v) is 17.3. The fraction of sp³-hybridized carbons (Fsp3) is 0.950. The van der Waals surface area contributed by atoms with E-state index in [2.05, 4.69) is 27.4 Å². The first-order valence-corrected chi connectivity index (χ1v) is 10.8. The van der Waals surface area contributed by atoms with Gasteiger partial charge in [0, 0.05) is 39.3 Å². The summed E-state index contributed by atoms with van der Waals surface area (Å²) in [7, 11) is 0. The van der Waals surface area contributed by atoms with E-state index in [-0.39, 0.29) is 0 Å². The van der Waals surface area contributed by atoms with Crippen molar-refractivity contribution in [2.45, 2.75) is 64.1 Å². The molecule has 2 aliphatic rings. The summed E-state index contributed by atoms with van der Waals surface area (Å²) in [5.41, 5.74) is -0.843. The molecular weight excluding hydrogens is 344 g/mol. The molecule has 0 bridgehead atoms. The summed E-state index contributed by atoms with van der Waals surface area (Å²) < 4.78 is 11.3. The second-order valence-corrected chi connectivity index (χ2v) is 7.99. The Kier molecular flexibility index (Phi) is 10.4. The smallest absolute Gasteiger partial charge is 0.191 e. The number of aliphatic hydroxyl groups is 1. The van der Waals surface area contributed by atoms with Gasteiger partial charge in [-0.1, -0.05) is 19.3 Å². The third kappa shape index (κ3) is 9.74. The number of nitrogens with one attached hydrogen (secondary N) is 2. The van der Waals surface area contributed by atoms with Gasteiger partial charge in [0.15, 0.2) is 5.96 Å². The maximum Gasteiger partial charge on any atom is 0.191 e. The van der Waals surface area contributed by atoms with Crippen molar-refractivity contribution in [1.29, 1.82) is 0 Å². The van der Waals surface area contributed by atoms with E-state index in [1.54, 1.807) is 0 Å². The number of rotatable bonds is 10. The van der Waals surface area contributed by atoms with E-state index in [0.29, 0.717) is 19.2 Å². The summed E-state index contributed by atoms with van der Waals surface area (Å²) in [4.78, 5) is 6.82. The Morgan fingerprint density at radius 1 is 1.22 bits per heavy atom. The van der Waals surface area contributed by atoms with E-state index in [9.17, 15) is 5.11 Å². The van der Waals surface area contributed by atoms with Crippen molar-refractivity contribution in [3.63, 3.8) is 0 Å². The summed E-state index contributed by atoms with van der Waals surface area (Å²) >= 11 is 0. The van der Waals surface area contributed by atoms with Crippen LogP contribution in [0, 0.1) is 0 Å². The Bertz CT molecular complexity index is 419. The molecule has 2 fully saturated rings. The highest BCUT2D eigenvalue weighted by atomic mass is 16.5. The normalized spacial score (nSPS) is 22.4. The molecule has 1 aliphatic carbocycles. The van der Waals surface area contributed by atoms with Crippen LogP contribution < -0.4 is 10.6 Å². The average molecular weight is 385 g/mol. The van der Waals surface area contributed by atoms with Crippen LogP contribution in [0.15, 0.2) is 4.99 Å². The van der Waals surface area contributed by atoms with Gasteiger partial charge in [-0.15, -0.1) is 0 Å². The highest BCUT2D eigenvalue weighted by Gasteiger charge is 2.25. The summed E-state index contributed by atoms with van der Waals surface area (Å²) in [6.07, 6.45) is 7.85. The minimum absolute atomic E-state index is 0.373. The van der Waals surface area contributed by atoms with E-state index in [0.717, 1.165) is 58.4 Å². The molecule has 0 spiro atoms. The number of ether oxygens (including phenoxy) is 2. The molecule has 27 heavy (non-hydrogen) atoms. The van der Waals surface area contributed by atoms with Crippen LogP contribution in [0.25, 0.3) is 0 Å². The lowest BCUT2D eigenvalue weighted by atomic mass is 9.98. The van der Waals surface area contributed by atoms with E-state index < -0.39 is 5.60 Å². The number of hydrogen-bond donors (Lipinski definition) is 3. The lowest BCUT2D eigenvalue weighted by molar-refractivity contribution is -0.0180. The molecule has 0 radical (unpaired) electrons. The van der Waals surface area contributed by atoms with Gasteiger partial charge in [-0.25, -0.2) is 0 Å². The largest absolute Gasteiger partial charge is 0.387 e. The van der Waals surface area contributed by atoms with Gasteiger partial charge in [0.25, 0.3) is 0 Å². The number of aliphatic imine (C=N–C) groups is 1. The van der Waals surface area contributed by atoms with Crippen LogP contribution in [-0.4, -0.2) is 86.8 Å². The molecular formula is C20H40N4O3. The molecule has 2 rings (SSSR count). The summed E-state index contributed by atoms with van der Waals surface area (Å²) in [6.45, 7) is 10.6. The highest BCUT2D eigenvalue weighted by Crippen LogP contribution is 2.20. The molecule has 1 saturated heterocycles. The van der Waals surface area contributed by atoms with Gasteiger partial charge in [-0.2, -0.15) is 0 Å². The van der Waals surface area contributed by atoms with Gasteiger partial charge in [-0.05, 0) is 33.1 Å². The molecule has 0 aromatic carbocycles. The first kappa shape index (κ1) is 22.4. The SMILES string of the molecule is CCNC(=NCC(C)(O)CN1CCOCC1)NCCCOC1CCCCC1. The number of guanidine groups is 1. The first-order valence-electron chi connectivity index (χ1n) is 10.8. The van der Waals surface area contributed by atoms with E-state index in [1.807, 2.05) is 6.92 Å². The van der Waals surface area contributed by atoms with Crippen molar-refractivity contribution in [2.24, 2.45) is 4.99 Å². The molecule has 7 heteroatoms. The Hall–Kier alpha value is -0.890. The van der Waals surface area contributed by atoms with Crippen LogP contribution in [0.1, 0.15) is 52.4 Å². The molecule has 0 aromatic rings. The minimum Gasteiger partial charge on any atom is -0.387 e. The Balaban J connectivity index is 1.65. The van der Waals surface area contributed by atoms with Gasteiger partial charge in [0.1, 0.15) is 0 Å². The molecule has 1 unspecified atom stereocenters. The van der Waals surface area contributed by atoms with Gasteiger partial charge in [0.2, 0.25) is 0 Å². The Morgan fingerprint density at radius 3 is 2.67 bits per heavy atom. The Morgan fingerprint density at radius 2 is 1.96 bits per heavy atom. The monoisotopic (exact) mass is 384 g/mol. The first-order chi connectivity index (χ1) is 13.1. The average Bonchev–Trinajstić information content (AvgIpc) is 2.67. The van der Waals surface area contributed by atoms with Crippen molar-refractivity contribution < 1.29 is 14.6 Å². The number of hydrogen-bond acceptors (Lipinski definition) is 5. The fourth-order valence-corrected chi connectivity index (χ4v) is 3.64. The van der Waals surface area contributed by atoms with E-state index in [4.69, 9.17) is 9.47 Å². The standard InChI is InChI=1S/C20H40N4O3/c1-3-21-19(22-10-7-13-27-18-8-5-4-6-9-18)23-16-20(2,25)17-24-11-14-26-15-12-24/h18,25H,3-17H2,1-2H3,(H2,21,22,23). The van der Waals surface area contributed by atoms with Crippen molar-refractivity contribution in [3.8, 4) is 0 Å². The third-order valence-corrected chi connectivity index (χ3v) is 5.11. The predicted octanol–water partition coefficient (Wildman–Crippen LogP) is 1.36. The second-order valence-electron chi connectivity index (χ2n) is 7.99. The van der Waals surface area contributed by atoms with E-state index >= 15 is 0 Å². The lowest BCUT2D eigenvalue weighted by Gasteiger charge is -2.33. The molecule has 3 N–H and O–H groups in total. The van der Waals surface area contributed by atoms with Crippen LogP contribution in [0.2, 0.25) is 0 Å². The van der Waals surface area contributed by atoms with E-state index in [1.165, 1.54) is 32.1 Å². The van der Waals surface area contributed by atoms with Crippen molar-refractivity contribution in [2.75, 3.05) is 59.1 Å². The predicted molar refractivity (Wildman–Crippen MR) is 109 cm³/mol. The zero-order chi connectivity index (χ0) is 19.4. The molecule has 1 atom stereocenters. The van der Waals surface area contributed by atoms with Crippen molar-refractivity contribution in [3.05, 3.63) is 0 Å². The van der Waals surface area contributed by atoms with Crippen LogP contribution in [0.3, 0.4) is 0 Å². The maximum absolute atomic E-state index is 10.7. The summed E-state index contributed by atoms with van der Waals surface area (Å²) in [5, 5.41) is 17.3. The van der Waals surface area contributed by atoms with Gasteiger partial charge in [0.05, 0.1) is 31.5 Å².